The number of carbonyl (C=O) groups is 3. The highest BCUT2D eigenvalue weighted by molar-refractivity contribution is 6.09. The molecule has 2 heterocycles. The number of hydrogen-bond acceptors (Lipinski definition) is 7. The molecule has 0 fully saturated rings. The molecule has 2 N–H and O–H groups in total. The van der Waals surface area contributed by atoms with Crippen LogP contribution in [0.1, 0.15) is 21.5 Å². The highest BCUT2D eigenvalue weighted by Crippen LogP contribution is 2.35. The number of anilines is 4. The van der Waals surface area contributed by atoms with Gasteiger partial charge in [0.15, 0.2) is 0 Å². The number of rotatable bonds is 7. The van der Waals surface area contributed by atoms with Crippen LogP contribution in [-0.2, 0) is 17.5 Å². The van der Waals surface area contributed by atoms with Gasteiger partial charge in [-0.25, -0.2) is 9.78 Å². The quantitative estimate of drug-likeness (QED) is 0.453. The van der Waals surface area contributed by atoms with Crippen LogP contribution in [0.5, 0.6) is 5.75 Å². The minimum absolute atomic E-state index is 0.0407. The van der Waals surface area contributed by atoms with Crippen LogP contribution >= 0.6 is 0 Å². The van der Waals surface area contributed by atoms with Crippen molar-refractivity contribution in [1.29, 1.82) is 0 Å². The molecular weight excluding hydrogens is 531 g/mol. The van der Waals surface area contributed by atoms with Crippen LogP contribution in [0, 0.1) is 0 Å². The van der Waals surface area contributed by atoms with E-state index in [-0.39, 0.29) is 47.8 Å². The van der Waals surface area contributed by atoms with E-state index < -0.39 is 23.7 Å². The fraction of sp³-hybridized carbons (Fsp3) is 0.269. The van der Waals surface area contributed by atoms with Gasteiger partial charge < -0.3 is 20.3 Å². The van der Waals surface area contributed by atoms with Gasteiger partial charge in [0.1, 0.15) is 18.1 Å². The highest BCUT2D eigenvalue weighted by Gasteiger charge is 2.35. The average molecular weight is 558 g/mol. The summed E-state index contributed by atoms with van der Waals surface area (Å²) in [7, 11) is 6.14. The summed E-state index contributed by atoms with van der Waals surface area (Å²) in [5.74, 6) is -0.314. The number of ether oxygens (including phenoxy) is 1. The molecule has 40 heavy (non-hydrogen) atoms. The number of fused-ring (bicyclic) bond motifs is 1. The second-order valence-electron chi connectivity index (χ2n) is 8.99. The molecular formula is C26H26F3N7O4. The van der Waals surface area contributed by atoms with Crippen molar-refractivity contribution in [3.63, 3.8) is 0 Å². The maximum Gasteiger partial charge on any atom is 0.416 e. The molecule has 1 aliphatic rings. The minimum Gasteiger partial charge on any atom is -0.497 e. The molecule has 210 valence electrons. The van der Waals surface area contributed by atoms with E-state index in [1.807, 2.05) is 0 Å². The summed E-state index contributed by atoms with van der Waals surface area (Å²) >= 11 is 0. The Morgan fingerprint density at radius 1 is 1.15 bits per heavy atom. The van der Waals surface area contributed by atoms with E-state index in [1.54, 1.807) is 27.2 Å². The molecule has 0 radical (unpaired) electrons. The third-order valence-electron chi connectivity index (χ3n) is 6.05. The number of benzene rings is 2. The maximum absolute atomic E-state index is 13.7. The monoisotopic (exact) mass is 557 g/mol. The normalized spacial score (nSPS) is 13.0. The molecule has 4 amide bonds. The molecule has 0 unspecified atom stereocenters. The summed E-state index contributed by atoms with van der Waals surface area (Å²) in [6.07, 6.45) is -3.07. The third-order valence-corrected chi connectivity index (χ3v) is 6.05. The fourth-order valence-electron chi connectivity index (χ4n) is 3.93. The molecule has 1 aromatic heterocycles. The first kappa shape index (κ1) is 28.1. The zero-order chi connectivity index (χ0) is 29.2. The third kappa shape index (κ3) is 5.90. The second-order valence-corrected chi connectivity index (χ2v) is 8.99. The largest absolute Gasteiger partial charge is 0.497 e. The first-order chi connectivity index (χ1) is 18.9. The highest BCUT2D eigenvalue weighted by atomic mass is 19.4. The second kappa shape index (κ2) is 11.1. The molecule has 3 aromatic rings. The first-order valence-corrected chi connectivity index (χ1v) is 11.9. The minimum atomic E-state index is -4.61. The predicted molar refractivity (Wildman–Crippen MR) is 142 cm³/mol. The van der Waals surface area contributed by atoms with Gasteiger partial charge in [0.25, 0.3) is 5.91 Å². The van der Waals surface area contributed by atoms with Crippen molar-refractivity contribution in [2.75, 3.05) is 55.2 Å². The number of methoxy groups -OCH3 is 1. The van der Waals surface area contributed by atoms with Crippen molar-refractivity contribution in [2.45, 2.75) is 12.7 Å². The molecule has 4 rings (SSSR count). The number of alkyl halides is 3. The molecule has 14 heteroatoms. The van der Waals surface area contributed by atoms with Crippen molar-refractivity contribution in [3.05, 3.63) is 65.4 Å². The van der Waals surface area contributed by atoms with Crippen molar-refractivity contribution in [3.8, 4) is 5.75 Å². The Labute approximate surface area is 227 Å². The summed E-state index contributed by atoms with van der Waals surface area (Å²) in [4.78, 5) is 51.6. The smallest absolute Gasteiger partial charge is 0.416 e. The molecule has 0 aliphatic carbocycles. The molecule has 0 saturated carbocycles. The van der Waals surface area contributed by atoms with E-state index in [9.17, 15) is 27.6 Å². The zero-order valence-corrected chi connectivity index (χ0v) is 22.0. The van der Waals surface area contributed by atoms with Crippen LogP contribution in [-0.4, -0.2) is 67.5 Å². The van der Waals surface area contributed by atoms with Gasteiger partial charge in [0, 0.05) is 56.3 Å². The van der Waals surface area contributed by atoms with Gasteiger partial charge in [-0.05, 0) is 24.3 Å². The summed E-state index contributed by atoms with van der Waals surface area (Å²) in [6.45, 7) is -0.252. The van der Waals surface area contributed by atoms with E-state index in [0.29, 0.717) is 11.3 Å². The van der Waals surface area contributed by atoms with Gasteiger partial charge in [0.2, 0.25) is 11.9 Å². The van der Waals surface area contributed by atoms with Crippen LogP contribution in [0.25, 0.3) is 0 Å². The predicted octanol–water partition coefficient (Wildman–Crippen LogP) is 3.83. The number of aromatic nitrogens is 2. The average Bonchev–Trinajstić information content (AvgIpc) is 2.93. The lowest BCUT2D eigenvalue weighted by Gasteiger charge is -2.36. The molecule has 0 atom stereocenters. The number of halogens is 3. The van der Waals surface area contributed by atoms with Crippen LogP contribution in [0.3, 0.4) is 0 Å². The Morgan fingerprint density at radius 2 is 1.90 bits per heavy atom. The van der Waals surface area contributed by atoms with Crippen molar-refractivity contribution >= 4 is 41.0 Å². The van der Waals surface area contributed by atoms with Gasteiger partial charge in [-0.15, -0.1) is 0 Å². The molecule has 0 bridgehead atoms. The van der Waals surface area contributed by atoms with Gasteiger partial charge in [-0.2, -0.15) is 18.2 Å². The van der Waals surface area contributed by atoms with E-state index in [2.05, 4.69) is 20.6 Å². The van der Waals surface area contributed by atoms with E-state index in [1.165, 1.54) is 46.2 Å². The van der Waals surface area contributed by atoms with E-state index in [0.717, 1.165) is 18.2 Å². The lowest BCUT2D eigenvalue weighted by Crippen LogP contribution is -2.51. The molecule has 0 saturated heterocycles. The van der Waals surface area contributed by atoms with Crippen LogP contribution in [0.15, 0.2) is 48.7 Å². The Balaban J connectivity index is 1.69. The van der Waals surface area contributed by atoms with Crippen molar-refractivity contribution < 1.29 is 32.3 Å². The lowest BCUT2D eigenvalue weighted by atomic mass is 10.1. The van der Waals surface area contributed by atoms with Gasteiger partial charge in [-0.1, -0.05) is 6.07 Å². The maximum atomic E-state index is 13.7. The number of nitrogens with zero attached hydrogens (tertiary/aromatic N) is 5. The summed E-state index contributed by atoms with van der Waals surface area (Å²) < 4.78 is 44.7. The number of amides is 4. The van der Waals surface area contributed by atoms with Crippen molar-refractivity contribution in [2.24, 2.45) is 0 Å². The number of urea groups is 1. The first-order valence-electron chi connectivity index (χ1n) is 11.9. The Bertz CT molecular complexity index is 1460. The van der Waals surface area contributed by atoms with Crippen LogP contribution < -0.4 is 25.2 Å². The number of nitrogens with one attached hydrogen (secondary N) is 2. The van der Waals surface area contributed by atoms with Gasteiger partial charge in [-0.3, -0.25) is 19.4 Å². The van der Waals surface area contributed by atoms with Gasteiger partial charge in [0.05, 0.1) is 24.9 Å². The Morgan fingerprint density at radius 3 is 2.55 bits per heavy atom. The SMILES string of the molecule is CNc1ncc2c(n1)N(CC(=O)N(C)C)C(=O)N(c1cc(NC(=O)c3cccc(C(F)(F)F)c3)cc(OC)c1)C2. The number of likely N-dealkylation sites (N-methyl/N-ethyl adjacent to an activating group) is 1. The lowest BCUT2D eigenvalue weighted by molar-refractivity contribution is -0.137. The Hall–Kier alpha value is -4.88. The number of carbonyl (C=O) groups excluding carboxylic acids is 3. The molecule has 1 aliphatic heterocycles. The molecule has 11 nitrogen and oxygen atoms in total. The standard InChI is InChI=1S/C26H26F3N7O4/c1-30-24-31-12-16-13-35(25(39)36(22(16)33-24)14-21(37)34(2)3)19-9-18(10-20(11-19)40-4)32-23(38)15-6-5-7-17(8-15)26(27,28)29/h5-12H,13-14H2,1-4H3,(H,32,38)(H,30,31,33). The van der Waals surface area contributed by atoms with E-state index in [4.69, 9.17) is 4.74 Å². The van der Waals surface area contributed by atoms with Gasteiger partial charge >= 0.3 is 12.2 Å². The Kier molecular flexibility index (Phi) is 7.79. The molecule has 0 spiro atoms. The summed E-state index contributed by atoms with van der Waals surface area (Å²) in [6, 6.07) is 7.96. The fourth-order valence-corrected chi connectivity index (χ4v) is 3.93. The molecule has 2 aromatic carbocycles. The zero-order valence-electron chi connectivity index (χ0n) is 22.0. The number of hydrogen-bond donors (Lipinski definition) is 2. The van der Waals surface area contributed by atoms with Crippen LogP contribution in [0.4, 0.5) is 41.1 Å². The van der Waals surface area contributed by atoms with E-state index >= 15 is 0 Å². The summed E-state index contributed by atoms with van der Waals surface area (Å²) in [5.41, 5.74) is -0.127. The van der Waals surface area contributed by atoms with Crippen LogP contribution in [0.2, 0.25) is 0 Å². The van der Waals surface area contributed by atoms with Crippen molar-refractivity contribution in [1.82, 2.24) is 14.9 Å². The summed E-state index contributed by atoms with van der Waals surface area (Å²) in [5, 5.41) is 5.38. The topological polar surface area (TPSA) is 120 Å².